The van der Waals surface area contributed by atoms with Gasteiger partial charge in [0.1, 0.15) is 0 Å². The Morgan fingerprint density at radius 3 is 2.34 bits per heavy atom. The highest BCUT2D eigenvalue weighted by molar-refractivity contribution is 7.93. The first-order valence-corrected chi connectivity index (χ1v) is 13.8. The molecule has 0 atom stereocenters. The fourth-order valence-electron chi connectivity index (χ4n) is 3.29. The number of amides is 1. The van der Waals surface area contributed by atoms with Gasteiger partial charge in [-0.2, -0.15) is 0 Å². The number of carbonyl (C=O) groups is 1. The summed E-state index contributed by atoms with van der Waals surface area (Å²) in [5.41, 5.74) is 1.36. The molecule has 168 valence electrons. The van der Waals surface area contributed by atoms with Crippen LogP contribution >= 0.6 is 11.3 Å². The minimum Gasteiger partial charge on any atom is -0.322 e. The Labute approximate surface area is 191 Å². The second-order valence-corrected chi connectivity index (χ2v) is 12.0. The molecule has 11 heteroatoms. The largest absolute Gasteiger partial charge is 0.322 e. The molecule has 3 aromatic rings. The average molecular weight is 492 g/mol. The SMILES string of the molecule is O=C(Nc1ccc(N2CCCS2(=O)=O)cc1)c1ccc(S(=O)(=O)NCc2cccs2)cc1. The highest BCUT2D eigenvalue weighted by Gasteiger charge is 2.28. The van der Waals surface area contributed by atoms with Crippen LogP contribution in [0.1, 0.15) is 21.7 Å². The van der Waals surface area contributed by atoms with Gasteiger partial charge in [-0.25, -0.2) is 21.6 Å². The van der Waals surface area contributed by atoms with Crippen LogP contribution in [0.15, 0.2) is 70.9 Å². The number of nitrogens with zero attached hydrogens (tertiary/aromatic N) is 1. The van der Waals surface area contributed by atoms with Gasteiger partial charge in [0, 0.05) is 29.2 Å². The van der Waals surface area contributed by atoms with E-state index >= 15 is 0 Å². The molecule has 0 radical (unpaired) electrons. The Hall–Kier alpha value is -2.73. The second-order valence-electron chi connectivity index (χ2n) is 7.17. The maximum atomic E-state index is 12.5. The number of nitrogens with one attached hydrogen (secondary N) is 2. The van der Waals surface area contributed by atoms with Gasteiger partial charge in [-0.1, -0.05) is 6.07 Å². The summed E-state index contributed by atoms with van der Waals surface area (Å²) in [6.45, 7) is 0.655. The third-order valence-corrected chi connectivity index (χ3v) is 9.12. The first-order chi connectivity index (χ1) is 15.2. The van der Waals surface area contributed by atoms with E-state index in [1.54, 1.807) is 24.3 Å². The minimum absolute atomic E-state index is 0.0711. The van der Waals surface area contributed by atoms with Crippen LogP contribution in [0.3, 0.4) is 0 Å². The Balaban J connectivity index is 1.39. The molecule has 1 fully saturated rings. The van der Waals surface area contributed by atoms with Crippen LogP contribution in [0.25, 0.3) is 0 Å². The maximum absolute atomic E-state index is 12.5. The zero-order valence-corrected chi connectivity index (χ0v) is 19.3. The summed E-state index contributed by atoms with van der Waals surface area (Å²) in [7, 11) is -6.95. The molecule has 32 heavy (non-hydrogen) atoms. The topological polar surface area (TPSA) is 113 Å². The summed E-state index contributed by atoms with van der Waals surface area (Å²) in [5.74, 6) is -0.261. The predicted octanol–water partition coefficient (Wildman–Crippen LogP) is 3.02. The summed E-state index contributed by atoms with van der Waals surface area (Å²) in [4.78, 5) is 13.5. The fourth-order valence-corrected chi connectivity index (χ4v) is 6.60. The van der Waals surface area contributed by atoms with E-state index in [-0.39, 0.29) is 17.2 Å². The van der Waals surface area contributed by atoms with Gasteiger partial charge in [-0.15, -0.1) is 11.3 Å². The van der Waals surface area contributed by atoms with Gasteiger partial charge in [-0.05, 0) is 66.4 Å². The molecule has 2 N–H and O–H groups in total. The maximum Gasteiger partial charge on any atom is 0.255 e. The van der Waals surface area contributed by atoms with Gasteiger partial charge in [0.25, 0.3) is 5.91 Å². The van der Waals surface area contributed by atoms with Gasteiger partial charge in [0.15, 0.2) is 0 Å². The molecule has 0 unspecified atom stereocenters. The van der Waals surface area contributed by atoms with E-state index in [9.17, 15) is 21.6 Å². The van der Waals surface area contributed by atoms with Crippen molar-refractivity contribution >= 4 is 48.7 Å². The number of thiophene rings is 1. The summed E-state index contributed by atoms with van der Waals surface area (Å²) in [6.07, 6.45) is 0.593. The lowest BCUT2D eigenvalue weighted by Crippen LogP contribution is -2.25. The van der Waals surface area contributed by atoms with Crippen LogP contribution in [0, 0.1) is 0 Å². The van der Waals surface area contributed by atoms with E-state index in [2.05, 4.69) is 10.0 Å². The second kappa shape index (κ2) is 9.02. The van der Waals surface area contributed by atoms with Crippen molar-refractivity contribution in [2.24, 2.45) is 0 Å². The van der Waals surface area contributed by atoms with Gasteiger partial charge in [0.2, 0.25) is 20.0 Å². The van der Waals surface area contributed by atoms with E-state index in [4.69, 9.17) is 0 Å². The van der Waals surface area contributed by atoms with Crippen LogP contribution in [0.5, 0.6) is 0 Å². The van der Waals surface area contributed by atoms with Crippen molar-refractivity contribution < 1.29 is 21.6 Å². The highest BCUT2D eigenvalue weighted by Crippen LogP contribution is 2.25. The monoisotopic (exact) mass is 491 g/mol. The molecular formula is C21H21N3O5S3. The van der Waals surface area contributed by atoms with Crippen molar-refractivity contribution in [1.82, 2.24) is 4.72 Å². The number of anilines is 2. The number of rotatable bonds is 7. The van der Waals surface area contributed by atoms with Crippen molar-refractivity contribution in [3.8, 4) is 0 Å². The first kappa shape index (κ1) is 22.5. The molecule has 2 aromatic carbocycles. The van der Waals surface area contributed by atoms with Gasteiger partial charge >= 0.3 is 0 Å². The Kier molecular flexibility index (Phi) is 6.33. The number of benzene rings is 2. The Morgan fingerprint density at radius 2 is 1.75 bits per heavy atom. The molecule has 8 nitrogen and oxygen atoms in total. The van der Waals surface area contributed by atoms with Crippen LogP contribution in [0.2, 0.25) is 0 Å². The van der Waals surface area contributed by atoms with Crippen LogP contribution in [-0.2, 0) is 26.6 Å². The molecule has 1 aromatic heterocycles. The number of sulfonamides is 2. The quantitative estimate of drug-likeness (QED) is 0.528. The minimum atomic E-state index is -3.69. The predicted molar refractivity (Wildman–Crippen MR) is 125 cm³/mol. The standard InChI is InChI=1S/C21H21N3O5S3/c25-21(23-17-6-8-18(9-7-17)24-12-2-14-31(24,26)27)16-4-10-20(11-5-16)32(28,29)22-15-19-3-1-13-30-19/h1,3-11,13,22H,2,12,14-15H2,(H,23,25). The molecule has 1 aliphatic rings. The van der Waals surface area contributed by atoms with Crippen LogP contribution in [0.4, 0.5) is 11.4 Å². The molecule has 0 bridgehead atoms. The Morgan fingerprint density at radius 1 is 1.03 bits per heavy atom. The van der Waals surface area contributed by atoms with Crippen LogP contribution < -0.4 is 14.3 Å². The lowest BCUT2D eigenvalue weighted by molar-refractivity contribution is 0.102. The number of hydrogen-bond acceptors (Lipinski definition) is 6. The summed E-state index contributed by atoms with van der Waals surface area (Å²) in [5, 5.41) is 4.60. The molecule has 4 rings (SSSR count). The smallest absolute Gasteiger partial charge is 0.255 e. The summed E-state index contributed by atoms with van der Waals surface area (Å²) >= 11 is 1.46. The summed E-state index contributed by atoms with van der Waals surface area (Å²) < 4.78 is 52.8. The Bertz CT molecular complexity index is 1300. The van der Waals surface area contributed by atoms with Crippen LogP contribution in [-0.4, -0.2) is 35.0 Å². The van der Waals surface area contributed by atoms with Gasteiger partial charge in [-0.3, -0.25) is 9.10 Å². The molecular weight excluding hydrogens is 470 g/mol. The summed E-state index contributed by atoms with van der Waals surface area (Å²) in [6, 6.07) is 15.9. The fraction of sp³-hybridized carbons (Fsp3) is 0.190. The van der Waals surface area contributed by atoms with E-state index in [1.807, 2.05) is 17.5 Å². The average Bonchev–Trinajstić information content (AvgIpc) is 3.42. The third kappa shape index (κ3) is 5.01. The van der Waals surface area contributed by atoms with Crippen molar-refractivity contribution in [3.05, 3.63) is 76.5 Å². The van der Waals surface area contributed by atoms with Crippen molar-refractivity contribution in [2.45, 2.75) is 17.9 Å². The zero-order valence-electron chi connectivity index (χ0n) is 16.9. The van der Waals surface area contributed by atoms with Gasteiger partial charge in [0.05, 0.1) is 16.3 Å². The molecule has 0 saturated carbocycles. The normalized spacial score (nSPS) is 15.6. The molecule has 0 spiro atoms. The molecule has 1 saturated heterocycles. The van der Waals surface area contributed by atoms with E-state index in [0.29, 0.717) is 29.9 Å². The highest BCUT2D eigenvalue weighted by atomic mass is 32.2. The third-order valence-electron chi connectivity index (χ3n) is 4.96. The number of carbonyl (C=O) groups excluding carboxylic acids is 1. The lowest BCUT2D eigenvalue weighted by atomic mass is 10.2. The zero-order chi connectivity index (χ0) is 22.8. The molecule has 0 aliphatic carbocycles. The van der Waals surface area contributed by atoms with Crippen molar-refractivity contribution in [3.63, 3.8) is 0 Å². The molecule has 1 amide bonds. The van der Waals surface area contributed by atoms with Gasteiger partial charge < -0.3 is 5.32 Å². The van der Waals surface area contributed by atoms with Crippen molar-refractivity contribution in [2.75, 3.05) is 21.9 Å². The van der Waals surface area contributed by atoms with Crippen molar-refractivity contribution in [1.29, 1.82) is 0 Å². The first-order valence-electron chi connectivity index (χ1n) is 9.79. The molecule has 1 aliphatic heterocycles. The van der Waals surface area contributed by atoms with E-state index < -0.39 is 26.0 Å². The molecule has 2 heterocycles. The van der Waals surface area contributed by atoms with E-state index in [0.717, 1.165) is 4.88 Å². The van der Waals surface area contributed by atoms with E-state index in [1.165, 1.54) is 39.9 Å². The number of hydrogen-bond donors (Lipinski definition) is 2. The lowest BCUT2D eigenvalue weighted by Gasteiger charge is -2.17.